The van der Waals surface area contributed by atoms with Crippen molar-refractivity contribution in [2.75, 3.05) is 19.6 Å². The number of thiazole rings is 1. The van der Waals surface area contributed by atoms with E-state index in [4.69, 9.17) is 0 Å². The first-order chi connectivity index (χ1) is 18.5. The number of nitrogens with zero attached hydrogens (tertiary/aromatic N) is 4. The number of amides is 2. The summed E-state index contributed by atoms with van der Waals surface area (Å²) in [5.41, 5.74) is -1.95. The highest BCUT2D eigenvalue weighted by atomic mass is 32.1. The average Bonchev–Trinajstić information content (AvgIpc) is 3.37. The number of aromatic nitrogens is 2. The molecule has 1 unspecified atom stereocenters. The molecule has 206 valence electrons. The minimum Gasteiger partial charge on any atom is -0.503 e. The molecule has 39 heavy (non-hydrogen) atoms. The maximum absolute atomic E-state index is 14.2. The predicted molar refractivity (Wildman–Crippen MR) is 143 cm³/mol. The van der Waals surface area contributed by atoms with E-state index in [0.717, 1.165) is 36.7 Å². The third-order valence-corrected chi connectivity index (χ3v) is 8.58. The van der Waals surface area contributed by atoms with Gasteiger partial charge < -0.3 is 19.5 Å². The van der Waals surface area contributed by atoms with E-state index in [-0.39, 0.29) is 46.7 Å². The number of hydrogen-bond acceptors (Lipinski definition) is 6. The zero-order chi connectivity index (χ0) is 28.1. The van der Waals surface area contributed by atoms with Crippen LogP contribution in [0.15, 0.2) is 35.4 Å². The van der Waals surface area contributed by atoms with Gasteiger partial charge in [0.2, 0.25) is 11.3 Å². The summed E-state index contributed by atoms with van der Waals surface area (Å²) in [5.74, 6) is -2.80. The van der Waals surface area contributed by atoms with Crippen molar-refractivity contribution >= 4 is 23.2 Å². The van der Waals surface area contributed by atoms with Crippen LogP contribution in [0, 0.1) is 11.6 Å². The van der Waals surface area contributed by atoms with Crippen LogP contribution in [0.25, 0.3) is 10.6 Å². The molecule has 1 N–H and O–H groups in total. The van der Waals surface area contributed by atoms with Crippen molar-refractivity contribution in [3.8, 4) is 16.3 Å². The zero-order valence-electron chi connectivity index (χ0n) is 22.0. The molecular formula is C28H30F2N4O4S. The Morgan fingerprint density at radius 3 is 2.56 bits per heavy atom. The van der Waals surface area contributed by atoms with E-state index in [1.54, 1.807) is 11.8 Å². The third-order valence-electron chi connectivity index (χ3n) is 7.55. The molecule has 1 aromatic carbocycles. The minimum absolute atomic E-state index is 0.0375. The molecular weight excluding hydrogens is 526 g/mol. The van der Waals surface area contributed by atoms with E-state index in [2.05, 4.69) is 4.98 Å². The van der Waals surface area contributed by atoms with Crippen LogP contribution in [0.3, 0.4) is 0 Å². The molecule has 8 nitrogen and oxygen atoms in total. The Morgan fingerprint density at radius 2 is 1.90 bits per heavy atom. The summed E-state index contributed by atoms with van der Waals surface area (Å²) in [7, 11) is 0. The molecule has 0 radical (unpaired) electrons. The smallest absolute Gasteiger partial charge is 0.274 e. The predicted octanol–water partition coefficient (Wildman–Crippen LogP) is 4.14. The lowest BCUT2D eigenvalue weighted by Crippen LogP contribution is -2.62. The molecule has 11 heteroatoms. The van der Waals surface area contributed by atoms with E-state index < -0.39 is 34.3 Å². The molecule has 1 fully saturated rings. The summed E-state index contributed by atoms with van der Waals surface area (Å²) in [6.07, 6.45) is 5.88. The second-order valence-electron chi connectivity index (χ2n) is 10.6. The summed E-state index contributed by atoms with van der Waals surface area (Å²) >= 11 is 1.12. The van der Waals surface area contributed by atoms with Gasteiger partial charge in [-0.3, -0.25) is 14.4 Å². The van der Waals surface area contributed by atoms with Gasteiger partial charge in [0, 0.05) is 48.9 Å². The maximum atomic E-state index is 14.2. The molecule has 0 aliphatic carbocycles. The molecule has 2 aromatic heterocycles. The molecule has 4 heterocycles. The number of halogens is 2. The van der Waals surface area contributed by atoms with Crippen molar-refractivity contribution in [1.29, 1.82) is 0 Å². The standard InChI is InChI=1S/C28H30F2N4O4S/c1-16(2)33-15-28(3,27(38)32-9-5-4-6-10-32)34-14-20(23(35)24(36)22(34)26(33)37)25-31-13-19(39-25)11-17-7-8-18(29)12-21(17)30/h7-8,12-14,16,36H,4-6,9-11,15H2,1-3H3. The second kappa shape index (κ2) is 10.2. The molecule has 0 bridgehead atoms. The third kappa shape index (κ3) is 4.73. The number of fused-ring (bicyclic) bond motifs is 1. The molecule has 2 aliphatic heterocycles. The Bertz CT molecular complexity index is 1510. The van der Waals surface area contributed by atoms with Crippen molar-refractivity contribution in [3.63, 3.8) is 0 Å². The van der Waals surface area contributed by atoms with Crippen LogP contribution in [0.1, 0.15) is 61.0 Å². The number of piperidine rings is 1. The zero-order valence-corrected chi connectivity index (χ0v) is 22.9. The van der Waals surface area contributed by atoms with Crippen LogP contribution in [-0.2, 0) is 16.8 Å². The van der Waals surface area contributed by atoms with Crippen LogP contribution >= 0.6 is 11.3 Å². The van der Waals surface area contributed by atoms with Crippen LogP contribution in [0.2, 0.25) is 0 Å². The number of hydrogen-bond donors (Lipinski definition) is 1. The van der Waals surface area contributed by atoms with Gasteiger partial charge in [0.15, 0.2) is 11.4 Å². The Morgan fingerprint density at radius 1 is 1.18 bits per heavy atom. The van der Waals surface area contributed by atoms with Gasteiger partial charge in [0.25, 0.3) is 5.91 Å². The summed E-state index contributed by atoms with van der Waals surface area (Å²) in [4.78, 5) is 49.0. The highest BCUT2D eigenvalue weighted by Gasteiger charge is 2.48. The summed E-state index contributed by atoms with van der Waals surface area (Å²) in [6.45, 7) is 6.67. The Kier molecular flexibility index (Phi) is 7.04. The van der Waals surface area contributed by atoms with E-state index in [1.165, 1.54) is 34.0 Å². The van der Waals surface area contributed by atoms with Crippen molar-refractivity contribution < 1.29 is 23.5 Å². The fourth-order valence-corrected chi connectivity index (χ4v) is 6.30. The quantitative estimate of drug-likeness (QED) is 0.510. The summed E-state index contributed by atoms with van der Waals surface area (Å²) in [5, 5.41) is 11.3. The number of benzene rings is 1. The number of aromatic hydroxyl groups is 1. The highest BCUT2D eigenvalue weighted by Crippen LogP contribution is 2.36. The summed E-state index contributed by atoms with van der Waals surface area (Å²) < 4.78 is 28.9. The lowest BCUT2D eigenvalue weighted by Gasteiger charge is -2.46. The van der Waals surface area contributed by atoms with E-state index >= 15 is 0 Å². The highest BCUT2D eigenvalue weighted by molar-refractivity contribution is 7.15. The minimum atomic E-state index is -1.26. The second-order valence-corrected chi connectivity index (χ2v) is 11.8. The summed E-state index contributed by atoms with van der Waals surface area (Å²) in [6, 6.07) is 3.07. The lowest BCUT2D eigenvalue weighted by atomic mass is 9.92. The number of likely N-dealkylation sites (tertiary alicyclic amines) is 1. The van der Waals surface area contributed by atoms with E-state index in [9.17, 15) is 28.3 Å². The van der Waals surface area contributed by atoms with Gasteiger partial charge in [-0.05, 0) is 51.7 Å². The molecule has 2 aliphatic rings. The number of rotatable bonds is 5. The molecule has 1 atom stereocenters. The van der Waals surface area contributed by atoms with Crippen molar-refractivity contribution in [2.45, 2.75) is 58.0 Å². The van der Waals surface area contributed by atoms with Gasteiger partial charge in [-0.2, -0.15) is 0 Å². The SMILES string of the molecule is CC(C)N1CC(C)(C(=O)N2CCCCC2)n2cc(-c3ncc(Cc4ccc(F)cc4F)s3)c(=O)c(O)c2C1=O. The normalized spacial score (nSPS) is 19.5. The van der Waals surface area contributed by atoms with Gasteiger partial charge in [-0.15, -0.1) is 11.3 Å². The topological polar surface area (TPSA) is 95.7 Å². The number of pyridine rings is 1. The van der Waals surface area contributed by atoms with Crippen LogP contribution in [0.4, 0.5) is 8.78 Å². The Hall–Kier alpha value is -3.60. The first-order valence-corrected chi connectivity index (χ1v) is 13.8. The molecule has 0 spiro atoms. The molecule has 2 amide bonds. The van der Waals surface area contributed by atoms with Crippen LogP contribution in [-0.4, -0.2) is 61.9 Å². The molecule has 0 saturated carbocycles. The first kappa shape index (κ1) is 27.0. The first-order valence-electron chi connectivity index (χ1n) is 13.0. The fraction of sp³-hybridized carbons (Fsp3) is 0.429. The van der Waals surface area contributed by atoms with Crippen molar-refractivity contribution in [3.05, 3.63) is 68.6 Å². The largest absolute Gasteiger partial charge is 0.503 e. The van der Waals surface area contributed by atoms with E-state index in [1.807, 2.05) is 13.8 Å². The van der Waals surface area contributed by atoms with Crippen LogP contribution < -0.4 is 5.43 Å². The van der Waals surface area contributed by atoms with Gasteiger partial charge in [0.05, 0.1) is 12.1 Å². The monoisotopic (exact) mass is 556 g/mol. The van der Waals surface area contributed by atoms with Gasteiger partial charge in [0.1, 0.15) is 22.2 Å². The van der Waals surface area contributed by atoms with Crippen LogP contribution in [0.5, 0.6) is 5.75 Å². The Balaban J connectivity index is 1.60. The van der Waals surface area contributed by atoms with Gasteiger partial charge in [-0.25, -0.2) is 13.8 Å². The molecule has 5 rings (SSSR count). The lowest BCUT2D eigenvalue weighted by molar-refractivity contribution is -0.142. The fourth-order valence-electron chi connectivity index (χ4n) is 5.35. The van der Waals surface area contributed by atoms with Gasteiger partial charge in [-0.1, -0.05) is 6.07 Å². The number of carbonyl (C=O) groups excluding carboxylic acids is 2. The maximum Gasteiger partial charge on any atom is 0.274 e. The molecule has 3 aromatic rings. The van der Waals surface area contributed by atoms with Crippen molar-refractivity contribution in [2.24, 2.45) is 0 Å². The van der Waals surface area contributed by atoms with Crippen molar-refractivity contribution in [1.82, 2.24) is 19.4 Å². The Labute approximate surface area is 228 Å². The van der Waals surface area contributed by atoms with E-state index in [0.29, 0.717) is 18.0 Å². The number of carbonyl (C=O) groups is 2. The average molecular weight is 557 g/mol. The molecule has 1 saturated heterocycles. The van der Waals surface area contributed by atoms with Gasteiger partial charge >= 0.3 is 0 Å².